The van der Waals surface area contributed by atoms with Crippen LogP contribution in [0.25, 0.3) is 0 Å². The molecule has 0 aliphatic heterocycles. The van der Waals surface area contributed by atoms with E-state index in [1.807, 2.05) is 18.2 Å². The third-order valence-corrected chi connectivity index (χ3v) is 3.77. The molecule has 2 aromatic rings. The Balaban J connectivity index is 2.07. The molecular weight excluding hydrogens is 238 g/mol. The molecule has 1 unspecified atom stereocenters. The van der Waals surface area contributed by atoms with E-state index in [4.69, 9.17) is 5.73 Å². The summed E-state index contributed by atoms with van der Waals surface area (Å²) in [6, 6.07) is 10.1. The molecule has 96 valence electrons. The highest BCUT2D eigenvalue weighted by molar-refractivity contribution is 5.99. The number of hydrogen-bond donors (Lipinski definition) is 1. The van der Waals surface area contributed by atoms with E-state index in [1.165, 1.54) is 0 Å². The molecule has 4 nitrogen and oxygen atoms in total. The van der Waals surface area contributed by atoms with Gasteiger partial charge in [-0.2, -0.15) is 0 Å². The molecule has 1 aromatic heterocycles. The van der Waals surface area contributed by atoms with Crippen LogP contribution in [0.5, 0.6) is 0 Å². The van der Waals surface area contributed by atoms with Crippen molar-refractivity contribution in [2.24, 2.45) is 0 Å². The lowest BCUT2D eigenvalue weighted by molar-refractivity contribution is 0.0937. The predicted molar refractivity (Wildman–Crippen MR) is 72.9 cm³/mol. The number of hydrogen-bond acceptors (Lipinski definition) is 4. The van der Waals surface area contributed by atoms with Gasteiger partial charge in [0, 0.05) is 24.5 Å². The number of rotatable bonds is 1. The minimum atomic E-state index is -0.216. The molecule has 0 saturated carbocycles. The van der Waals surface area contributed by atoms with Crippen LogP contribution < -0.4 is 5.73 Å². The quantitative estimate of drug-likeness (QED) is 0.845. The molecule has 4 heteroatoms. The van der Waals surface area contributed by atoms with Crippen molar-refractivity contribution in [2.45, 2.75) is 25.2 Å². The fourth-order valence-corrected chi connectivity index (χ4v) is 2.73. The van der Waals surface area contributed by atoms with Crippen molar-refractivity contribution in [3.05, 3.63) is 53.3 Å². The summed E-state index contributed by atoms with van der Waals surface area (Å²) in [7, 11) is 0. The molecule has 0 amide bonds. The summed E-state index contributed by atoms with van der Waals surface area (Å²) in [5, 5.41) is 0. The van der Waals surface area contributed by atoms with Crippen molar-refractivity contribution in [2.75, 3.05) is 5.73 Å². The van der Waals surface area contributed by atoms with Crippen LogP contribution in [0.4, 0.5) is 5.95 Å². The average Bonchev–Trinajstić information content (AvgIpc) is 2.39. The van der Waals surface area contributed by atoms with Crippen LogP contribution in [0.1, 0.15) is 35.0 Å². The molecule has 0 fully saturated rings. The first-order valence-electron chi connectivity index (χ1n) is 6.29. The number of nitrogen functional groups attached to an aromatic ring is 1. The van der Waals surface area contributed by atoms with E-state index in [0.29, 0.717) is 18.4 Å². The lowest BCUT2D eigenvalue weighted by Crippen LogP contribution is -2.34. The molecule has 1 atom stereocenters. The van der Waals surface area contributed by atoms with Crippen LogP contribution in [0.3, 0.4) is 0 Å². The van der Waals surface area contributed by atoms with Gasteiger partial charge in [0.25, 0.3) is 0 Å². The van der Waals surface area contributed by atoms with Crippen LogP contribution >= 0.6 is 0 Å². The second kappa shape index (κ2) is 4.16. The molecule has 1 heterocycles. The van der Waals surface area contributed by atoms with Gasteiger partial charge in [0.15, 0.2) is 5.78 Å². The molecule has 0 spiro atoms. The standard InChI is InChI=1S/C15H15N3O/c1-15(10-5-3-2-4-6-10)7-12-11(13(19)8-15)9-17-14(16)18-12/h2-6,9H,7-8H2,1H3,(H2,16,17,18). The Hall–Kier alpha value is -2.23. The van der Waals surface area contributed by atoms with Gasteiger partial charge in [0.2, 0.25) is 5.95 Å². The number of carbonyl (C=O) groups is 1. The van der Waals surface area contributed by atoms with Gasteiger partial charge in [-0.05, 0) is 5.56 Å². The van der Waals surface area contributed by atoms with Crippen molar-refractivity contribution in [3.8, 4) is 0 Å². The topological polar surface area (TPSA) is 68.9 Å². The number of Topliss-reactive ketones (excluding diaryl/α,β-unsaturated/α-hetero) is 1. The van der Waals surface area contributed by atoms with E-state index in [1.54, 1.807) is 6.20 Å². The number of carbonyl (C=O) groups excluding carboxylic acids is 1. The number of anilines is 1. The number of benzene rings is 1. The van der Waals surface area contributed by atoms with Crippen LogP contribution in [0.2, 0.25) is 0 Å². The summed E-state index contributed by atoms with van der Waals surface area (Å²) in [5.74, 6) is 0.316. The third kappa shape index (κ3) is 1.99. The normalized spacial score (nSPS) is 22.1. The molecule has 2 N–H and O–H groups in total. The van der Waals surface area contributed by atoms with Crippen molar-refractivity contribution < 1.29 is 4.79 Å². The lowest BCUT2D eigenvalue weighted by Gasteiger charge is -2.33. The zero-order valence-corrected chi connectivity index (χ0v) is 10.8. The molecule has 3 rings (SSSR count). The van der Waals surface area contributed by atoms with Crippen molar-refractivity contribution >= 4 is 11.7 Å². The summed E-state index contributed by atoms with van der Waals surface area (Å²) in [4.78, 5) is 20.4. The smallest absolute Gasteiger partial charge is 0.220 e. The Kier molecular flexibility index (Phi) is 2.59. The minimum Gasteiger partial charge on any atom is -0.368 e. The highest BCUT2D eigenvalue weighted by atomic mass is 16.1. The molecule has 1 aromatic carbocycles. The summed E-state index contributed by atoms with van der Waals surface area (Å²) < 4.78 is 0. The number of fused-ring (bicyclic) bond motifs is 1. The van der Waals surface area contributed by atoms with E-state index < -0.39 is 0 Å². The molecule has 0 radical (unpaired) electrons. The maximum Gasteiger partial charge on any atom is 0.220 e. The maximum absolute atomic E-state index is 12.3. The minimum absolute atomic E-state index is 0.0904. The number of aromatic nitrogens is 2. The van der Waals surface area contributed by atoms with Gasteiger partial charge in [0.1, 0.15) is 0 Å². The van der Waals surface area contributed by atoms with E-state index in [-0.39, 0.29) is 17.1 Å². The number of nitrogens with zero attached hydrogens (tertiary/aromatic N) is 2. The van der Waals surface area contributed by atoms with Crippen molar-refractivity contribution in [1.82, 2.24) is 9.97 Å². The van der Waals surface area contributed by atoms with Gasteiger partial charge in [-0.25, -0.2) is 9.97 Å². The van der Waals surface area contributed by atoms with Crippen LogP contribution in [0.15, 0.2) is 36.5 Å². The van der Waals surface area contributed by atoms with E-state index in [0.717, 1.165) is 11.3 Å². The highest BCUT2D eigenvalue weighted by Gasteiger charge is 2.37. The Bertz CT molecular complexity index is 639. The van der Waals surface area contributed by atoms with Gasteiger partial charge >= 0.3 is 0 Å². The molecule has 1 aliphatic carbocycles. The molecule has 1 aliphatic rings. The monoisotopic (exact) mass is 253 g/mol. The van der Waals surface area contributed by atoms with Crippen molar-refractivity contribution in [1.29, 1.82) is 0 Å². The van der Waals surface area contributed by atoms with Gasteiger partial charge in [0.05, 0.1) is 11.3 Å². The second-order valence-electron chi connectivity index (χ2n) is 5.29. The predicted octanol–water partition coefficient (Wildman–Crippen LogP) is 2.15. The first kappa shape index (κ1) is 11.8. The molecule has 19 heavy (non-hydrogen) atoms. The van der Waals surface area contributed by atoms with E-state index >= 15 is 0 Å². The van der Waals surface area contributed by atoms with Crippen LogP contribution in [0, 0.1) is 0 Å². The van der Waals surface area contributed by atoms with E-state index in [9.17, 15) is 4.79 Å². The first-order valence-corrected chi connectivity index (χ1v) is 6.29. The third-order valence-electron chi connectivity index (χ3n) is 3.77. The Labute approximate surface area is 111 Å². The SMILES string of the molecule is CC1(c2ccccc2)CC(=O)c2cnc(N)nc2C1. The lowest BCUT2D eigenvalue weighted by atomic mass is 9.70. The van der Waals surface area contributed by atoms with Gasteiger partial charge in [-0.3, -0.25) is 4.79 Å². The summed E-state index contributed by atoms with van der Waals surface area (Å²) in [6.45, 7) is 2.10. The van der Waals surface area contributed by atoms with Crippen LogP contribution in [-0.2, 0) is 11.8 Å². The second-order valence-corrected chi connectivity index (χ2v) is 5.29. The average molecular weight is 253 g/mol. The Morgan fingerprint density at radius 1 is 1.21 bits per heavy atom. The highest BCUT2D eigenvalue weighted by Crippen LogP contribution is 2.37. The van der Waals surface area contributed by atoms with Gasteiger partial charge in [-0.1, -0.05) is 37.3 Å². The Morgan fingerprint density at radius 3 is 2.68 bits per heavy atom. The zero-order valence-electron chi connectivity index (χ0n) is 10.8. The summed E-state index contributed by atoms with van der Waals surface area (Å²) >= 11 is 0. The Morgan fingerprint density at radius 2 is 1.95 bits per heavy atom. The van der Waals surface area contributed by atoms with Crippen LogP contribution in [-0.4, -0.2) is 15.8 Å². The fourth-order valence-electron chi connectivity index (χ4n) is 2.73. The number of ketones is 1. The summed E-state index contributed by atoms with van der Waals surface area (Å²) in [5.41, 5.74) is 7.94. The van der Waals surface area contributed by atoms with Gasteiger partial charge < -0.3 is 5.73 Å². The number of nitrogens with two attached hydrogens (primary N) is 1. The summed E-state index contributed by atoms with van der Waals surface area (Å²) in [6.07, 6.45) is 2.74. The molecule has 0 bridgehead atoms. The maximum atomic E-state index is 12.3. The van der Waals surface area contributed by atoms with E-state index in [2.05, 4.69) is 29.0 Å². The van der Waals surface area contributed by atoms with Crippen molar-refractivity contribution in [3.63, 3.8) is 0 Å². The molecule has 0 saturated heterocycles. The first-order chi connectivity index (χ1) is 9.08. The van der Waals surface area contributed by atoms with Gasteiger partial charge in [-0.15, -0.1) is 0 Å². The fraction of sp³-hybridized carbons (Fsp3) is 0.267. The largest absolute Gasteiger partial charge is 0.368 e. The zero-order chi connectivity index (χ0) is 13.5. The molecular formula is C15H15N3O.